The number of aryl methyl sites for hydroxylation is 1. The van der Waals surface area contributed by atoms with Crippen molar-refractivity contribution >= 4 is 11.9 Å². The first-order chi connectivity index (χ1) is 16.6. The van der Waals surface area contributed by atoms with E-state index >= 15 is 0 Å². The zero-order valence-electron chi connectivity index (χ0n) is 19.4. The van der Waals surface area contributed by atoms with Gasteiger partial charge in [-0.1, -0.05) is 0 Å². The topological polar surface area (TPSA) is 114 Å². The fraction of sp³-hybridized carbons (Fsp3) is 0.591. The molecule has 0 saturated carbocycles. The number of rotatable bonds is 7. The SMILES string of the molecule is Cc1cnc(N2CCC(N3CC[C@@H](OCC(C)Oc4cn[nH]c(=O)c4C(F)(F)F)C3=O)CC2)nc1. The molecule has 4 heterocycles. The standard InChI is InChI=1S/C22H27F3N6O4/c1-13-9-26-21(27-10-13)30-6-3-15(4-7-30)31-8-5-16(20(31)33)34-12-14(2)35-17-11-28-29-19(32)18(17)22(23,24)25/h9-11,14-16H,3-8,12H2,1-2H3,(H,29,32)/t14?,16-/m1/s1. The van der Waals surface area contributed by atoms with Gasteiger partial charge in [-0.25, -0.2) is 15.1 Å². The third-order valence-corrected chi connectivity index (χ3v) is 6.11. The minimum absolute atomic E-state index is 0.0860. The number of nitrogens with one attached hydrogen (secondary N) is 1. The number of anilines is 1. The van der Waals surface area contributed by atoms with Crippen molar-refractivity contribution in [1.29, 1.82) is 0 Å². The summed E-state index contributed by atoms with van der Waals surface area (Å²) in [4.78, 5) is 37.1. The molecule has 1 N–H and O–H groups in total. The molecule has 2 atom stereocenters. The van der Waals surface area contributed by atoms with Gasteiger partial charge in [0.1, 0.15) is 12.2 Å². The summed E-state index contributed by atoms with van der Waals surface area (Å²) in [6.45, 7) is 5.35. The number of hydrogen-bond acceptors (Lipinski definition) is 8. The Balaban J connectivity index is 1.27. The summed E-state index contributed by atoms with van der Waals surface area (Å²) < 4.78 is 50.5. The first-order valence-corrected chi connectivity index (χ1v) is 11.4. The Kier molecular flexibility index (Phi) is 7.24. The summed E-state index contributed by atoms with van der Waals surface area (Å²) in [7, 11) is 0. The highest BCUT2D eigenvalue weighted by Gasteiger charge is 2.40. The number of H-pyrrole nitrogens is 1. The third-order valence-electron chi connectivity index (χ3n) is 6.11. The van der Waals surface area contributed by atoms with E-state index < -0.39 is 35.3 Å². The van der Waals surface area contributed by atoms with Gasteiger partial charge < -0.3 is 19.3 Å². The predicted molar refractivity (Wildman–Crippen MR) is 118 cm³/mol. The van der Waals surface area contributed by atoms with Gasteiger partial charge in [0.2, 0.25) is 5.95 Å². The summed E-state index contributed by atoms with van der Waals surface area (Å²) in [6.07, 6.45) is 0.0108. The van der Waals surface area contributed by atoms with Crippen LogP contribution >= 0.6 is 0 Å². The second-order valence-corrected chi connectivity index (χ2v) is 8.79. The van der Waals surface area contributed by atoms with E-state index in [1.807, 2.05) is 11.8 Å². The monoisotopic (exact) mass is 496 g/mol. The molecule has 2 fully saturated rings. The maximum absolute atomic E-state index is 13.2. The average Bonchev–Trinajstić information content (AvgIpc) is 3.18. The number of halogens is 3. The zero-order valence-corrected chi connectivity index (χ0v) is 19.4. The lowest BCUT2D eigenvalue weighted by molar-refractivity contribution is -0.141. The first kappa shape index (κ1) is 24.9. The average molecular weight is 496 g/mol. The number of hydrogen-bond donors (Lipinski definition) is 1. The van der Waals surface area contributed by atoms with E-state index in [1.54, 1.807) is 17.5 Å². The van der Waals surface area contributed by atoms with Gasteiger partial charge in [-0.15, -0.1) is 0 Å². The molecule has 1 amide bonds. The molecular weight excluding hydrogens is 469 g/mol. The smallest absolute Gasteiger partial charge is 0.425 e. The molecule has 0 radical (unpaired) electrons. The van der Waals surface area contributed by atoms with Crippen LogP contribution in [0.5, 0.6) is 5.75 Å². The summed E-state index contributed by atoms with van der Waals surface area (Å²) in [5, 5.41) is 5.13. The van der Waals surface area contributed by atoms with Crippen LogP contribution in [-0.4, -0.2) is 75.5 Å². The molecule has 2 aliphatic heterocycles. The van der Waals surface area contributed by atoms with Gasteiger partial charge in [0.15, 0.2) is 11.3 Å². The Labute approximate surface area is 199 Å². The van der Waals surface area contributed by atoms with Crippen LogP contribution < -0.4 is 15.2 Å². The van der Waals surface area contributed by atoms with Gasteiger partial charge in [0.05, 0.1) is 12.8 Å². The van der Waals surface area contributed by atoms with Crippen molar-refractivity contribution in [2.45, 2.75) is 57.5 Å². The number of nitrogens with zero attached hydrogens (tertiary/aromatic N) is 5. The zero-order chi connectivity index (χ0) is 25.2. The molecule has 0 aliphatic carbocycles. The third kappa shape index (κ3) is 5.72. The molecule has 2 aliphatic rings. The van der Waals surface area contributed by atoms with E-state index in [0.717, 1.165) is 37.7 Å². The fourth-order valence-electron chi connectivity index (χ4n) is 4.36. The van der Waals surface area contributed by atoms with E-state index in [2.05, 4.69) is 20.0 Å². The lowest BCUT2D eigenvalue weighted by atomic mass is 10.0. The van der Waals surface area contributed by atoms with Crippen molar-refractivity contribution in [3.8, 4) is 5.75 Å². The number of piperidine rings is 1. The van der Waals surface area contributed by atoms with Crippen molar-refractivity contribution in [3.05, 3.63) is 40.1 Å². The summed E-state index contributed by atoms with van der Waals surface area (Å²) in [5.74, 6) is -0.127. The van der Waals surface area contributed by atoms with E-state index in [-0.39, 0.29) is 18.6 Å². The second-order valence-electron chi connectivity index (χ2n) is 8.79. The van der Waals surface area contributed by atoms with Crippen LogP contribution in [0.15, 0.2) is 23.4 Å². The summed E-state index contributed by atoms with van der Waals surface area (Å²) in [5.41, 5.74) is -1.85. The number of likely N-dealkylation sites (tertiary alicyclic amines) is 1. The van der Waals surface area contributed by atoms with Gasteiger partial charge >= 0.3 is 6.18 Å². The molecule has 2 saturated heterocycles. The molecule has 2 aromatic heterocycles. The van der Waals surface area contributed by atoms with Gasteiger partial charge in [-0.3, -0.25) is 9.59 Å². The first-order valence-electron chi connectivity index (χ1n) is 11.4. The minimum atomic E-state index is -4.89. The maximum Gasteiger partial charge on any atom is 0.425 e. The van der Waals surface area contributed by atoms with Crippen LogP contribution in [-0.2, 0) is 15.7 Å². The molecule has 190 valence electrons. The van der Waals surface area contributed by atoms with Crippen molar-refractivity contribution < 1.29 is 27.4 Å². The molecule has 0 aromatic carbocycles. The predicted octanol–water partition coefficient (Wildman–Crippen LogP) is 1.94. The highest BCUT2D eigenvalue weighted by Crippen LogP contribution is 2.33. The summed E-state index contributed by atoms with van der Waals surface area (Å²) >= 11 is 0. The van der Waals surface area contributed by atoms with Crippen LogP contribution in [0.4, 0.5) is 19.1 Å². The quantitative estimate of drug-likeness (QED) is 0.619. The number of carbonyl (C=O) groups excluding carboxylic acids is 1. The van der Waals surface area contributed by atoms with E-state index in [9.17, 15) is 22.8 Å². The lowest BCUT2D eigenvalue weighted by Gasteiger charge is -2.36. The molecule has 0 spiro atoms. The van der Waals surface area contributed by atoms with E-state index in [4.69, 9.17) is 9.47 Å². The van der Waals surface area contributed by atoms with Crippen LogP contribution in [0.2, 0.25) is 0 Å². The number of amides is 1. The number of aromatic amines is 1. The molecule has 2 aromatic rings. The van der Waals surface area contributed by atoms with Crippen LogP contribution in [0.3, 0.4) is 0 Å². The van der Waals surface area contributed by atoms with Gasteiger partial charge in [-0.05, 0) is 32.3 Å². The molecule has 0 bridgehead atoms. The van der Waals surface area contributed by atoms with E-state index in [1.165, 1.54) is 6.92 Å². The van der Waals surface area contributed by atoms with Crippen molar-refractivity contribution in [2.24, 2.45) is 0 Å². The molecule has 1 unspecified atom stereocenters. The van der Waals surface area contributed by atoms with Crippen molar-refractivity contribution in [1.82, 2.24) is 25.1 Å². The Morgan fingerprint density at radius 2 is 1.80 bits per heavy atom. The second kappa shape index (κ2) is 10.2. The fourth-order valence-corrected chi connectivity index (χ4v) is 4.36. The highest BCUT2D eigenvalue weighted by atomic mass is 19.4. The van der Waals surface area contributed by atoms with E-state index in [0.29, 0.717) is 18.9 Å². The Hall–Kier alpha value is -3.22. The van der Waals surface area contributed by atoms with Crippen LogP contribution in [0.1, 0.15) is 37.3 Å². The molecular formula is C22H27F3N6O4. The number of alkyl halides is 3. The number of ether oxygens (including phenoxy) is 2. The molecule has 13 heteroatoms. The summed E-state index contributed by atoms with van der Waals surface area (Å²) in [6, 6.07) is 0.0860. The Morgan fingerprint density at radius 1 is 1.11 bits per heavy atom. The van der Waals surface area contributed by atoms with Gasteiger partial charge in [0, 0.05) is 44.5 Å². The Morgan fingerprint density at radius 3 is 2.46 bits per heavy atom. The largest absolute Gasteiger partial charge is 0.486 e. The molecule has 4 rings (SSSR count). The maximum atomic E-state index is 13.2. The number of aromatic nitrogens is 4. The van der Waals surface area contributed by atoms with Crippen LogP contribution in [0, 0.1) is 6.92 Å². The number of carbonyl (C=O) groups is 1. The normalized spacial score (nSPS) is 20.4. The van der Waals surface area contributed by atoms with Gasteiger partial charge in [0.25, 0.3) is 11.5 Å². The van der Waals surface area contributed by atoms with Crippen molar-refractivity contribution in [3.63, 3.8) is 0 Å². The Bertz CT molecular complexity index is 1090. The lowest BCUT2D eigenvalue weighted by Crippen LogP contribution is -2.47. The van der Waals surface area contributed by atoms with Crippen LogP contribution in [0.25, 0.3) is 0 Å². The van der Waals surface area contributed by atoms with Gasteiger partial charge in [-0.2, -0.15) is 18.3 Å². The minimum Gasteiger partial charge on any atom is -0.486 e. The highest BCUT2D eigenvalue weighted by molar-refractivity contribution is 5.83. The molecule has 10 nitrogen and oxygen atoms in total. The van der Waals surface area contributed by atoms with Crippen molar-refractivity contribution in [2.75, 3.05) is 31.1 Å². The molecule has 35 heavy (non-hydrogen) atoms.